The van der Waals surface area contributed by atoms with Gasteiger partial charge in [0.15, 0.2) is 5.76 Å². The molecule has 4 aromatic rings. The summed E-state index contributed by atoms with van der Waals surface area (Å²) in [6, 6.07) is 27.8. The highest BCUT2D eigenvalue weighted by Gasteiger charge is 2.41. The van der Waals surface area contributed by atoms with Crippen molar-refractivity contribution in [1.82, 2.24) is 10.5 Å². The predicted molar refractivity (Wildman–Crippen MR) is 148 cm³/mol. The number of rotatable bonds is 11. The van der Waals surface area contributed by atoms with Crippen molar-refractivity contribution >= 4 is 24.0 Å². The van der Waals surface area contributed by atoms with Crippen molar-refractivity contribution in [3.63, 3.8) is 0 Å². The molecule has 0 spiro atoms. The van der Waals surface area contributed by atoms with Gasteiger partial charge in [0.1, 0.15) is 17.7 Å². The maximum atomic E-state index is 13.8. The van der Waals surface area contributed by atoms with E-state index in [2.05, 4.69) is 16.5 Å². The molecule has 1 heterocycles. The molecule has 0 aliphatic rings. The van der Waals surface area contributed by atoms with Gasteiger partial charge < -0.3 is 14.6 Å². The Hall–Kier alpha value is -4.41. The van der Waals surface area contributed by atoms with Crippen LogP contribution in [0.5, 0.6) is 0 Å². The monoisotopic (exact) mass is 541 g/mol. The topological polar surface area (TPSA) is 105 Å². The Morgan fingerprint density at radius 2 is 1.87 bits per heavy atom. The molecule has 0 fully saturated rings. The van der Waals surface area contributed by atoms with Gasteiger partial charge in [0.25, 0.3) is 6.47 Å². The van der Waals surface area contributed by atoms with Gasteiger partial charge in [0, 0.05) is 28.6 Å². The van der Waals surface area contributed by atoms with Crippen LogP contribution in [0.2, 0.25) is 5.02 Å². The van der Waals surface area contributed by atoms with E-state index in [0.717, 1.165) is 16.7 Å². The second-order valence-electron chi connectivity index (χ2n) is 9.62. The lowest BCUT2D eigenvalue weighted by Gasteiger charge is -2.31. The molecule has 198 valence electrons. The van der Waals surface area contributed by atoms with Crippen molar-refractivity contribution in [2.75, 3.05) is 6.61 Å². The molecule has 1 aromatic heterocycles. The average molecular weight is 542 g/mol. The molecule has 3 atom stereocenters. The van der Waals surface area contributed by atoms with E-state index in [4.69, 9.17) is 20.9 Å². The summed E-state index contributed by atoms with van der Waals surface area (Å²) in [6.45, 7) is 3.66. The van der Waals surface area contributed by atoms with E-state index in [0.29, 0.717) is 34.9 Å². The largest absolute Gasteiger partial charge is 0.466 e. The minimum atomic E-state index is -1.31. The van der Waals surface area contributed by atoms with Crippen LogP contribution in [0.1, 0.15) is 42.1 Å². The van der Waals surface area contributed by atoms with Crippen LogP contribution >= 0.6 is 11.6 Å². The fraction of sp³-hybridized carbons (Fsp3) is 0.226. The molecule has 0 saturated heterocycles. The number of nitrogens with zero attached hydrogens (tertiary/aromatic N) is 2. The van der Waals surface area contributed by atoms with E-state index in [1.165, 1.54) is 0 Å². The minimum absolute atomic E-state index is 0.170. The number of nitrogens with one attached hydrogen (secondary N) is 1. The van der Waals surface area contributed by atoms with Crippen molar-refractivity contribution in [1.29, 1.82) is 5.26 Å². The first kappa shape index (κ1) is 27.6. The summed E-state index contributed by atoms with van der Waals surface area (Å²) in [5, 5.41) is 17.4. The molecule has 1 N–H and O–H groups in total. The zero-order chi connectivity index (χ0) is 27.8. The predicted octanol–water partition coefficient (Wildman–Crippen LogP) is 5.83. The first-order valence-electron chi connectivity index (χ1n) is 12.5. The van der Waals surface area contributed by atoms with Gasteiger partial charge in [-0.25, -0.2) is 0 Å². The highest BCUT2D eigenvalue weighted by Crippen LogP contribution is 2.31. The van der Waals surface area contributed by atoms with Crippen LogP contribution in [0.4, 0.5) is 0 Å². The number of hydrogen-bond acceptors (Lipinski definition) is 6. The lowest BCUT2D eigenvalue weighted by Crippen LogP contribution is -2.50. The summed E-state index contributed by atoms with van der Waals surface area (Å²) >= 11 is 6.08. The third-order valence-electron chi connectivity index (χ3n) is 6.85. The van der Waals surface area contributed by atoms with Crippen molar-refractivity contribution < 1.29 is 18.8 Å². The molecule has 7 nitrogen and oxygen atoms in total. The summed E-state index contributed by atoms with van der Waals surface area (Å²) in [5.74, 6) is -0.0446. The number of carbonyl (C=O) groups excluding carboxylic acids is 2. The average Bonchev–Trinajstić information content (AvgIpc) is 3.47. The molecule has 1 amide bonds. The Balaban J connectivity index is 1.63. The Bertz CT molecular complexity index is 1460. The normalized spacial score (nSPS) is 13.9. The molecule has 1 unspecified atom stereocenters. The smallest absolute Gasteiger partial charge is 0.293 e. The van der Waals surface area contributed by atoms with Gasteiger partial charge in [0.05, 0.1) is 11.6 Å². The number of carbonyl (C=O) groups is 2. The molecule has 0 bridgehead atoms. The molecule has 0 saturated carbocycles. The molecule has 3 aromatic carbocycles. The van der Waals surface area contributed by atoms with Crippen molar-refractivity contribution in [2.24, 2.45) is 0 Å². The van der Waals surface area contributed by atoms with Crippen LogP contribution in [0.25, 0.3) is 11.3 Å². The van der Waals surface area contributed by atoms with Crippen LogP contribution in [0.15, 0.2) is 89.5 Å². The van der Waals surface area contributed by atoms with E-state index in [-0.39, 0.29) is 24.5 Å². The summed E-state index contributed by atoms with van der Waals surface area (Å²) in [7, 11) is 0. The van der Waals surface area contributed by atoms with Gasteiger partial charge in [-0.2, -0.15) is 5.26 Å². The van der Waals surface area contributed by atoms with E-state index in [1.807, 2.05) is 79.7 Å². The second kappa shape index (κ2) is 12.4. The number of benzene rings is 3. The van der Waals surface area contributed by atoms with Crippen LogP contribution < -0.4 is 5.32 Å². The van der Waals surface area contributed by atoms with Crippen molar-refractivity contribution in [3.05, 3.63) is 112 Å². The highest BCUT2D eigenvalue weighted by molar-refractivity contribution is 6.30. The standard InChI is InChI=1S/C31H28ClN3O4/c1-21(27(16-22-11-13-26(32)14-12-22)25-10-6-7-23(15-25)18-33)34-30(37)31(2,19-38-20-36)29-17-28(39-35-29)24-8-4-3-5-9-24/h3-15,17,20-21,27H,16,19H2,1-2H3,(H,34,37)/t21-,27+,31?/m0/s1. The van der Waals surface area contributed by atoms with Crippen molar-refractivity contribution in [2.45, 2.75) is 37.6 Å². The zero-order valence-corrected chi connectivity index (χ0v) is 22.4. The third-order valence-corrected chi connectivity index (χ3v) is 7.10. The maximum Gasteiger partial charge on any atom is 0.293 e. The number of aromatic nitrogens is 1. The van der Waals surface area contributed by atoms with Gasteiger partial charge in [-0.1, -0.05) is 71.4 Å². The van der Waals surface area contributed by atoms with E-state index < -0.39 is 5.41 Å². The lowest BCUT2D eigenvalue weighted by atomic mass is 9.83. The summed E-state index contributed by atoms with van der Waals surface area (Å²) in [6.07, 6.45) is 0.594. The molecule has 39 heavy (non-hydrogen) atoms. The molecule has 0 aliphatic heterocycles. The first-order valence-corrected chi connectivity index (χ1v) is 12.8. The summed E-state index contributed by atoms with van der Waals surface area (Å²) in [5.41, 5.74) is 2.31. The lowest BCUT2D eigenvalue weighted by molar-refractivity contribution is -0.136. The SMILES string of the molecule is C[C@H](NC(=O)C(C)(COC=O)c1cc(-c2ccccc2)on1)[C@@H](Cc1ccc(Cl)cc1)c1cccc(C#N)c1. The molecule has 8 heteroatoms. The van der Waals surface area contributed by atoms with E-state index in [1.54, 1.807) is 19.1 Å². The van der Waals surface area contributed by atoms with Gasteiger partial charge in [-0.3, -0.25) is 9.59 Å². The molecule has 4 rings (SSSR count). The quantitative estimate of drug-likeness (QED) is 0.240. The van der Waals surface area contributed by atoms with Gasteiger partial charge in [-0.15, -0.1) is 0 Å². The Labute approximate surface area is 232 Å². The number of hydrogen-bond donors (Lipinski definition) is 1. The minimum Gasteiger partial charge on any atom is -0.466 e. The molecular formula is C31H28ClN3O4. The van der Waals surface area contributed by atoms with Crippen LogP contribution in [0.3, 0.4) is 0 Å². The Kier molecular flexibility index (Phi) is 8.80. The number of amides is 1. The van der Waals surface area contributed by atoms with Crippen LogP contribution in [0, 0.1) is 11.3 Å². The van der Waals surface area contributed by atoms with Crippen molar-refractivity contribution in [3.8, 4) is 17.4 Å². The fourth-order valence-corrected chi connectivity index (χ4v) is 4.62. The summed E-state index contributed by atoms with van der Waals surface area (Å²) < 4.78 is 10.6. The highest BCUT2D eigenvalue weighted by atomic mass is 35.5. The maximum absolute atomic E-state index is 13.8. The second-order valence-corrected chi connectivity index (χ2v) is 10.1. The van der Waals surface area contributed by atoms with Gasteiger partial charge in [0.2, 0.25) is 5.91 Å². The van der Waals surface area contributed by atoms with Crippen LogP contribution in [-0.4, -0.2) is 30.2 Å². The third kappa shape index (κ3) is 6.54. The fourth-order valence-electron chi connectivity index (χ4n) is 4.49. The zero-order valence-electron chi connectivity index (χ0n) is 21.6. The number of ether oxygens (including phenoxy) is 1. The Morgan fingerprint density at radius 3 is 2.56 bits per heavy atom. The van der Waals surface area contributed by atoms with E-state index >= 15 is 0 Å². The molecule has 0 aliphatic carbocycles. The first-order chi connectivity index (χ1) is 18.8. The van der Waals surface area contributed by atoms with Gasteiger partial charge in [-0.05, 0) is 55.7 Å². The molecular weight excluding hydrogens is 514 g/mol. The number of halogens is 1. The van der Waals surface area contributed by atoms with E-state index in [9.17, 15) is 14.9 Å². The van der Waals surface area contributed by atoms with Gasteiger partial charge >= 0.3 is 0 Å². The van der Waals surface area contributed by atoms with Crippen LogP contribution in [-0.2, 0) is 26.2 Å². The summed E-state index contributed by atoms with van der Waals surface area (Å²) in [4.78, 5) is 24.9. The molecule has 0 radical (unpaired) electrons. The number of nitriles is 1. The Morgan fingerprint density at radius 1 is 1.13 bits per heavy atom.